The minimum atomic E-state index is 0.157. The Kier molecular flexibility index (Phi) is 6.91. The van der Waals surface area contributed by atoms with E-state index in [1.165, 1.54) is 18.2 Å². The molecule has 0 aliphatic carbocycles. The molecule has 0 spiro atoms. The van der Waals surface area contributed by atoms with Crippen LogP contribution in [0.1, 0.15) is 44.2 Å². The molecular weight excluding hydrogens is 440 g/mol. The topological polar surface area (TPSA) is 51.0 Å². The summed E-state index contributed by atoms with van der Waals surface area (Å²) in [5.74, 6) is 1.17. The molecule has 5 nitrogen and oxygen atoms in total. The number of amides is 1. The number of benzene rings is 2. The first-order chi connectivity index (χ1) is 15.4. The van der Waals surface area contributed by atoms with Crippen LogP contribution in [0.3, 0.4) is 0 Å². The summed E-state index contributed by atoms with van der Waals surface area (Å²) in [7, 11) is 0. The van der Waals surface area contributed by atoms with E-state index in [2.05, 4.69) is 56.1 Å². The van der Waals surface area contributed by atoms with Crippen molar-refractivity contribution in [3.8, 4) is 17.1 Å². The van der Waals surface area contributed by atoms with Gasteiger partial charge in [0.15, 0.2) is 11.0 Å². The van der Waals surface area contributed by atoms with Crippen molar-refractivity contribution >= 4 is 29.3 Å². The van der Waals surface area contributed by atoms with Crippen molar-refractivity contribution in [1.82, 2.24) is 19.7 Å². The number of nitrogens with zero attached hydrogens (tertiary/aromatic N) is 4. The van der Waals surface area contributed by atoms with Crippen LogP contribution in [-0.4, -0.2) is 43.4 Å². The van der Waals surface area contributed by atoms with E-state index in [-0.39, 0.29) is 18.0 Å². The van der Waals surface area contributed by atoms with Gasteiger partial charge < -0.3 is 4.90 Å². The summed E-state index contributed by atoms with van der Waals surface area (Å²) in [4.78, 5) is 15.2. The second kappa shape index (κ2) is 9.67. The number of carbonyl (C=O) groups excluding carboxylic acids is 1. The van der Waals surface area contributed by atoms with Gasteiger partial charge in [0, 0.05) is 17.6 Å². The van der Waals surface area contributed by atoms with E-state index in [1.54, 1.807) is 0 Å². The SMILES string of the molecule is Cc1ccc(C)c(-n2c(SCC(=O)N3[C@@H](C)CCC[C@@H]3C)nnc2-c2ccccc2Cl)c1. The van der Waals surface area contributed by atoms with Gasteiger partial charge in [0.2, 0.25) is 5.91 Å². The molecule has 1 aliphatic heterocycles. The minimum absolute atomic E-state index is 0.157. The lowest BCUT2D eigenvalue weighted by Crippen LogP contribution is -2.48. The lowest BCUT2D eigenvalue weighted by Gasteiger charge is -2.39. The van der Waals surface area contributed by atoms with Crippen molar-refractivity contribution < 1.29 is 4.79 Å². The second-order valence-electron chi connectivity index (χ2n) is 8.63. The quantitative estimate of drug-likeness (QED) is 0.425. The highest BCUT2D eigenvalue weighted by molar-refractivity contribution is 7.99. The first-order valence-electron chi connectivity index (χ1n) is 11.1. The molecule has 1 aliphatic rings. The van der Waals surface area contributed by atoms with Crippen molar-refractivity contribution in [2.24, 2.45) is 0 Å². The molecular formula is C25H29ClN4OS. The van der Waals surface area contributed by atoms with Gasteiger partial charge in [0.1, 0.15) is 0 Å². The Morgan fingerprint density at radius 1 is 1.09 bits per heavy atom. The van der Waals surface area contributed by atoms with Crippen LogP contribution in [-0.2, 0) is 4.79 Å². The molecule has 7 heteroatoms. The van der Waals surface area contributed by atoms with E-state index in [1.807, 2.05) is 33.7 Å². The van der Waals surface area contributed by atoms with Gasteiger partial charge in [0.25, 0.3) is 0 Å². The van der Waals surface area contributed by atoms with E-state index in [0.29, 0.717) is 21.8 Å². The van der Waals surface area contributed by atoms with Crippen LogP contribution in [0.2, 0.25) is 5.02 Å². The smallest absolute Gasteiger partial charge is 0.233 e. The molecule has 1 aromatic heterocycles. The van der Waals surface area contributed by atoms with Crippen molar-refractivity contribution in [2.45, 2.75) is 64.2 Å². The average Bonchev–Trinajstić information content (AvgIpc) is 3.17. The maximum absolute atomic E-state index is 13.1. The third kappa shape index (κ3) is 4.57. The molecule has 2 aromatic carbocycles. The summed E-state index contributed by atoms with van der Waals surface area (Å²) in [6, 6.07) is 14.5. The van der Waals surface area contributed by atoms with Crippen LogP contribution in [0.15, 0.2) is 47.6 Å². The van der Waals surface area contributed by atoms with Crippen molar-refractivity contribution in [2.75, 3.05) is 5.75 Å². The van der Waals surface area contributed by atoms with Crippen LogP contribution in [0.25, 0.3) is 17.1 Å². The average molecular weight is 469 g/mol. The van der Waals surface area contributed by atoms with Gasteiger partial charge >= 0.3 is 0 Å². The molecule has 4 rings (SSSR count). The number of hydrogen-bond donors (Lipinski definition) is 0. The first-order valence-corrected chi connectivity index (χ1v) is 12.4. The summed E-state index contributed by atoms with van der Waals surface area (Å²) in [5, 5.41) is 10.3. The van der Waals surface area contributed by atoms with Crippen LogP contribution in [0.5, 0.6) is 0 Å². The highest BCUT2D eigenvalue weighted by atomic mass is 35.5. The molecule has 1 fully saturated rings. The molecule has 2 atom stereocenters. The normalized spacial score (nSPS) is 18.7. The van der Waals surface area contributed by atoms with Gasteiger partial charge in [-0.3, -0.25) is 9.36 Å². The molecule has 3 aromatic rings. The van der Waals surface area contributed by atoms with Crippen LogP contribution in [0.4, 0.5) is 0 Å². The fourth-order valence-corrected chi connectivity index (χ4v) is 5.51. The Labute approximate surface area is 199 Å². The van der Waals surface area contributed by atoms with Crippen molar-refractivity contribution in [3.05, 3.63) is 58.6 Å². The summed E-state index contributed by atoms with van der Waals surface area (Å²) in [6.45, 7) is 8.43. The number of halogens is 1. The second-order valence-corrected chi connectivity index (χ2v) is 9.98. The first kappa shape index (κ1) is 22.9. The standard InChI is InChI=1S/C25H29ClN4OS/c1-16-12-13-17(2)22(14-16)30-24(20-10-5-6-11-21(20)26)27-28-25(30)32-15-23(31)29-18(3)8-7-9-19(29)4/h5-6,10-14,18-19H,7-9,15H2,1-4H3/t18-,19-/m0/s1. The number of piperidine rings is 1. The largest absolute Gasteiger partial charge is 0.337 e. The van der Waals surface area contributed by atoms with Gasteiger partial charge in [-0.05, 0) is 76.3 Å². The monoisotopic (exact) mass is 468 g/mol. The minimum Gasteiger partial charge on any atom is -0.337 e. The number of rotatable bonds is 5. The van der Waals surface area contributed by atoms with E-state index in [4.69, 9.17) is 11.6 Å². The maximum atomic E-state index is 13.1. The van der Waals surface area contributed by atoms with E-state index in [9.17, 15) is 4.79 Å². The summed E-state index contributed by atoms with van der Waals surface area (Å²) in [5.41, 5.74) is 4.07. The number of likely N-dealkylation sites (tertiary alicyclic amines) is 1. The Morgan fingerprint density at radius 2 is 1.81 bits per heavy atom. The molecule has 0 bridgehead atoms. The zero-order valence-corrected chi connectivity index (χ0v) is 20.6. The lowest BCUT2D eigenvalue weighted by molar-refractivity contribution is -0.134. The molecule has 32 heavy (non-hydrogen) atoms. The molecule has 0 saturated carbocycles. The zero-order valence-electron chi connectivity index (χ0n) is 19.0. The number of hydrogen-bond acceptors (Lipinski definition) is 4. The predicted molar refractivity (Wildman–Crippen MR) is 132 cm³/mol. The molecule has 0 unspecified atom stereocenters. The van der Waals surface area contributed by atoms with Gasteiger partial charge in [-0.15, -0.1) is 10.2 Å². The van der Waals surface area contributed by atoms with Gasteiger partial charge in [-0.25, -0.2) is 0 Å². The van der Waals surface area contributed by atoms with E-state index in [0.717, 1.165) is 35.2 Å². The van der Waals surface area contributed by atoms with Crippen LogP contribution >= 0.6 is 23.4 Å². The van der Waals surface area contributed by atoms with Crippen molar-refractivity contribution in [1.29, 1.82) is 0 Å². The summed E-state index contributed by atoms with van der Waals surface area (Å²) in [6.07, 6.45) is 3.31. The molecule has 1 saturated heterocycles. The van der Waals surface area contributed by atoms with Gasteiger partial charge in [-0.1, -0.05) is 47.6 Å². The number of aryl methyl sites for hydroxylation is 2. The third-order valence-electron chi connectivity index (χ3n) is 6.16. The zero-order chi connectivity index (χ0) is 22.8. The highest BCUT2D eigenvalue weighted by Gasteiger charge is 2.29. The fraction of sp³-hybridized carbons (Fsp3) is 0.400. The number of thioether (sulfide) groups is 1. The summed E-state index contributed by atoms with van der Waals surface area (Å²) >= 11 is 7.95. The van der Waals surface area contributed by atoms with Crippen molar-refractivity contribution in [3.63, 3.8) is 0 Å². The highest BCUT2D eigenvalue weighted by Crippen LogP contribution is 2.34. The summed E-state index contributed by atoms with van der Waals surface area (Å²) < 4.78 is 2.03. The molecule has 0 radical (unpaired) electrons. The van der Waals surface area contributed by atoms with Crippen LogP contribution < -0.4 is 0 Å². The third-order valence-corrected chi connectivity index (χ3v) is 7.40. The Balaban J connectivity index is 1.70. The predicted octanol–water partition coefficient (Wildman–Crippen LogP) is 6.09. The molecule has 168 valence electrons. The Hall–Kier alpha value is -2.31. The Morgan fingerprint density at radius 3 is 2.53 bits per heavy atom. The molecule has 1 amide bonds. The van der Waals surface area contributed by atoms with Gasteiger partial charge in [-0.2, -0.15) is 0 Å². The van der Waals surface area contributed by atoms with E-state index < -0.39 is 0 Å². The number of aromatic nitrogens is 3. The Bertz CT molecular complexity index is 1120. The molecule has 0 N–H and O–H groups in total. The molecule has 2 heterocycles. The lowest BCUT2D eigenvalue weighted by atomic mass is 9.98. The van der Waals surface area contributed by atoms with Gasteiger partial charge in [0.05, 0.1) is 16.5 Å². The van der Waals surface area contributed by atoms with E-state index >= 15 is 0 Å². The maximum Gasteiger partial charge on any atom is 0.233 e. The number of carbonyl (C=O) groups is 1. The fourth-order valence-electron chi connectivity index (χ4n) is 4.47. The van der Waals surface area contributed by atoms with Crippen LogP contribution in [0, 0.1) is 13.8 Å².